The van der Waals surface area contributed by atoms with Crippen LogP contribution in [0.25, 0.3) is 0 Å². The van der Waals surface area contributed by atoms with Crippen LogP contribution in [0.2, 0.25) is 0 Å². The van der Waals surface area contributed by atoms with E-state index in [2.05, 4.69) is 6.58 Å². The van der Waals surface area contributed by atoms with Crippen LogP contribution in [0.3, 0.4) is 0 Å². The van der Waals surface area contributed by atoms with Crippen LogP contribution in [0.4, 0.5) is 26.3 Å². The minimum atomic E-state index is -5.46. The molecule has 0 aromatic heterocycles. The van der Waals surface area contributed by atoms with Crippen molar-refractivity contribution in [1.29, 1.82) is 0 Å². The number of alkyl halides is 6. The zero-order chi connectivity index (χ0) is 19.6. The quantitative estimate of drug-likeness (QED) is 0.439. The molecule has 0 aliphatic rings. The van der Waals surface area contributed by atoms with E-state index in [-0.39, 0.29) is 4.90 Å². The number of halogens is 6. The first-order valence-corrected chi connectivity index (χ1v) is 6.53. The van der Waals surface area contributed by atoms with Crippen LogP contribution in [-0.2, 0) is 14.4 Å². The standard InChI is InChI=1S/C13H16F6N2O3/c1-6(2)9(22)21(13(17,18)19)8(5)10(23)20(7(3)4)11(24)12(14,15)16/h7-8H,1H2,2-5H3. The predicted octanol–water partition coefficient (Wildman–Crippen LogP) is 2.63. The summed E-state index contributed by atoms with van der Waals surface area (Å²) in [6.07, 6.45) is -10.8. The van der Waals surface area contributed by atoms with E-state index in [4.69, 9.17) is 0 Å². The summed E-state index contributed by atoms with van der Waals surface area (Å²) in [4.78, 5) is 33.8. The average molecular weight is 362 g/mol. The molecule has 138 valence electrons. The Kier molecular flexibility index (Phi) is 6.60. The third-order valence-corrected chi connectivity index (χ3v) is 2.82. The summed E-state index contributed by atoms with van der Waals surface area (Å²) in [5.74, 6) is -6.11. The van der Waals surface area contributed by atoms with Gasteiger partial charge in [-0.1, -0.05) is 6.58 Å². The molecule has 0 bridgehead atoms. The molecule has 0 saturated heterocycles. The molecule has 0 aromatic carbocycles. The lowest BCUT2D eigenvalue weighted by Gasteiger charge is -2.34. The van der Waals surface area contributed by atoms with Crippen molar-refractivity contribution in [3.05, 3.63) is 12.2 Å². The summed E-state index contributed by atoms with van der Waals surface area (Å²) in [6, 6.07) is -3.76. The summed E-state index contributed by atoms with van der Waals surface area (Å²) in [6.45, 7) is 6.59. The van der Waals surface area contributed by atoms with Crippen LogP contribution in [0.5, 0.6) is 0 Å². The highest BCUT2D eigenvalue weighted by molar-refractivity contribution is 6.03. The average Bonchev–Trinajstić information content (AvgIpc) is 2.35. The molecule has 0 N–H and O–H groups in total. The van der Waals surface area contributed by atoms with E-state index in [0.717, 1.165) is 20.8 Å². The Labute approximate surface area is 133 Å². The first-order valence-electron chi connectivity index (χ1n) is 6.53. The van der Waals surface area contributed by atoms with Crippen LogP contribution in [-0.4, -0.2) is 52.1 Å². The third kappa shape index (κ3) is 4.96. The topological polar surface area (TPSA) is 57.7 Å². The SMILES string of the molecule is C=C(C)C(=O)N(C(C)C(=O)N(C(=O)C(F)(F)F)C(C)C)C(F)(F)F. The van der Waals surface area contributed by atoms with Gasteiger partial charge in [0, 0.05) is 11.6 Å². The van der Waals surface area contributed by atoms with Gasteiger partial charge in [-0.25, -0.2) is 4.90 Å². The Morgan fingerprint density at radius 3 is 1.62 bits per heavy atom. The van der Waals surface area contributed by atoms with E-state index in [1.54, 1.807) is 0 Å². The molecule has 1 atom stereocenters. The highest BCUT2D eigenvalue weighted by Crippen LogP contribution is 2.28. The Bertz CT molecular complexity index is 539. The number of imide groups is 1. The number of hydrogen-bond donors (Lipinski definition) is 0. The number of nitrogens with zero attached hydrogens (tertiary/aromatic N) is 2. The van der Waals surface area contributed by atoms with Gasteiger partial charge in [0.2, 0.25) is 0 Å². The highest BCUT2D eigenvalue weighted by atomic mass is 19.4. The molecular formula is C13H16F6N2O3. The predicted molar refractivity (Wildman–Crippen MR) is 70.2 cm³/mol. The van der Waals surface area contributed by atoms with Gasteiger partial charge >= 0.3 is 18.4 Å². The van der Waals surface area contributed by atoms with Gasteiger partial charge in [0.05, 0.1) is 0 Å². The van der Waals surface area contributed by atoms with Crippen molar-refractivity contribution in [1.82, 2.24) is 9.80 Å². The van der Waals surface area contributed by atoms with Gasteiger partial charge in [-0.2, -0.15) is 13.2 Å². The number of carbonyl (C=O) groups is 3. The van der Waals surface area contributed by atoms with E-state index in [1.807, 2.05) is 0 Å². The van der Waals surface area contributed by atoms with Crippen LogP contribution < -0.4 is 0 Å². The number of amides is 3. The fraction of sp³-hybridized carbons (Fsp3) is 0.615. The van der Waals surface area contributed by atoms with Crippen LogP contribution in [0, 0.1) is 0 Å². The molecule has 0 saturated carbocycles. The number of hydrogen-bond acceptors (Lipinski definition) is 3. The van der Waals surface area contributed by atoms with E-state index >= 15 is 0 Å². The lowest BCUT2D eigenvalue weighted by molar-refractivity contribution is -0.248. The van der Waals surface area contributed by atoms with Gasteiger partial charge in [-0.3, -0.25) is 19.3 Å². The Morgan fingerprint density at radius 2 is 1.38 bits per heavy atom. The minimum absolute atomic E-state index is 0.352. The van der Waals surface area contributed by atoms with E-state index in [9.17, 15) is 40.7 Å². The second-order valence-corrected chi connectivity index (χ2v) is 5.20. The Morgan fingerprint density at radius 1 is 0.958 bits per heavy atom. The summed E-state index contributed by atoms with van der Waals surface area (Å²) in [5.41, 5.74) is -0.579. The first-order chi connectivity index (χ1) is 10.5. The van der Waals surface area contributed by atoms with E-state index in [0.29, 0.717) is 6.92 Å². The first kappa shape index (κ1) is 21.9. The lowest BCUT2D eigenvalue weighted by Crippen LogP contribution is -2.59. The monoisotopic (exact) mass is 362 g/mol. The van der Waals surface area contributed by atoms with Gasteiger partial charge in [-0.05, 0) is 27.7 Å². The molecule has 0 aliphatic carbocycles. The fourth-order valence-corrected chi connectivity index (χ4v) is 1.75. The van der Waals surface area contributed by atoms with Crippen LogP contribution in [0.15, 0.2) is 12.2 Å². The molecule has 0 rings (SSSR count). The molecule has 11 heteroatoms. The second-order valence-electron chi connectivity index (χ2n) is 5.20. The summed E-state index contributed by atoms with van der Waals surface area (Å²) in [5, 5.41) is 0. The van der Waals surface area contributed by atoms with Gasteiger partial charge in [-0.15, -0.1) is 13.2 Å². The molecule has 3 amide bonds. The largest absolute Gasteiger partial charge is 0.488 e. The number of carbonyl (C=O) groups excluding carboxylic acids is 3. The van der Waals surface area contributed by atoms with Gasteiger partial charge in [0.25, 0.3) is 11.8 Å². The molecule has 5 nitrogen and oxygen atoms in total. The Balaban J connectivity index is 5.90. The maximum Gasteiger partial charge on any atom is 0.488 e. The summed E-state index contributed by atoms with van der Waals surface area (Å²) in [7, 11) is 0. The molecule has 1 unspecified atom stereocenters. The zero-order valence-corrected chi connectivity index (χ0v) is 13.2. The summed E-state index contributed by atoms with van der Waals surface area (Å²) < 4.78 is 76.7. The van der Waals surface area contributed by atoms with Crippen LogP contribution >= 0.6 is 0 Å². The second kappa shape index (κ2) is 7.22. The summed E-state index contributed by atoms with van der Waals surface area (Å²) >= 11 is 0. The van der Waals surface area contributed by atoms with Crippen molar-refractivity contribution in [2.75, 3.05) is 0 Å². The van der Waals surface area contributed by atoms with Crippen LogP contribution in [0.1, 0.15) is 27.7 Å². The van der Waals surface area contributed by atoms with Crippen molar-refractivity contribution < 1.29 is 40.7 Å². The molecule has 24 heavy (non-hydrogen) atoms. The maximum atomic E-state index is 13.0. The maximum absolute atomic E-state index is 13.0. The minimum Gasteiger partial charge on any atom is -0.272 e. The lowest BCUT2D eigenvalue weighted by atomic mass is 10.1. The highest BCUT2D eigenvalue weighted by Gasteiger charge is 2.51. The van der Waals surface area contributed by atoms with Gasteiger partial charge in [0.15, 0.2) is 0 Å². The van der Waals surface area contributed by atoms with Crippen molar-refractivity contribution in [3.8, 4) is 0 Å². The molecule has 0 spiro atoms. The smallest absolute Gasteiger partial charge is 0.272 e. The fourth-order valence-electron chi connectivity index (χ4n) is 1.75. The normalized spacial score (nSPS) is 13.5. The molecule has 0 aliphatic heterocycles. The molecule has 0 aromatic rings. The van der Waals surface area contributed by atoms with E-state index < -0.39 is 52.8 Å². The molecule has 0 heterocycles. The third-order valence-electron chi connectivity index (χ3n) is 2.82. The van der Waals surface area contributed by atoms with Gasteiger partial charge < -0.3 is 0 Å². The van der Waals surface area contributed by atoms with Crippen molar-refractivity contribution in [2.24, 2.45) is 0 Å². The Hall–Kier alpha value is -2.07. The molecule has 0 fully saturated rings. The van der Waals surface area contributed by atoms with Crippen molar-refractivity contribution >= 4 is 17.7 Å². The zero-order valence-electron chi connectivity index (χ0n) is 13.2. The van der Waals surface area contributed by atoms with E-state index in [1.165, 1.54) is 0 Å². The molecule has 0 radical (unpaired) electrons. The van der Waals surface area contributed by atoms with Crippen molar-refractivity contribution in [2.45, 2.75) is 52.3 Å². The number of rotatable bonds is 4. The van der Waals surface area contributed by atoms with Gasteiger partial charge in [0.1, 0.15) is 6.04 Å². The molecular weight excluding hydrogens is 346 g/mol. The van der Waals surface area contributed by atoms with Crippen molar-refractivity contribution in [3.63, 3.8) is 0 Å².